The zero-order chi connectivity index (χ0) is 12.5. The van der Waals surface area contributed by atoms with Crippen LogP contribution in [0.4, 0.5) is 0 Å². The van der Waals surface area contributed by atoms with Gasteiger partial charge < -0.3 is 14.5 Å². The summed E-state index contributed by atoms with van der Waals surface area (Å²) >= 11 is 0. The molecular weight excluding hydrogens is 214 g/mol. The third kappa shape index (κ3) is 6.49. The molecule has 0 amide bonds. The first-order chi connectivity index (χ1) is 8.22. The molecule has 1 aromatic rings. The van der Waals surface area contributed by atoms with Crippen molar-refractivity contribution in [2.75, 3.05) is 26.8 Å². The molecule has 0 spiro atoms. The minimum atomic E-state index is 0.671. The van der Waals surface area contributed by atoms with Crippen molar-refractivity contribution in [1.82, 2.24) is 5.32 Å². The van der Waals surface area contributed by atoms with E-state index in [1.54, 1.807) is 13.4 Å². The van der Waals surface area contributed by atoms with E-state index in [9.17, 15) is 0 Å². The highest BCUT2D eigenvalue weighted by molar-refractivity contribution is 5.06. The lowest BCUT2D eigenvalue weighted by Crippen LogP contribution is -2.28. The first-order valence-corrected chi connectivity index (χ1v) is 6.43. The summed E-state index contributed by atoms with van der Waals surface area (Å²) < 4.78 is 10.2. The Kier molecular flexibility index (Phi) is 6.97. The van der Waals surface area contributed by atoms with E-state index in [4.69, 9.17) is 9.15 Å². The van der Waals surface area contributed by atoms with E-state index in [1.165, 1.54) is 12.0 Å². The van der Waals surface area contributed by atoms with Gasteiger partial charge in [0.25, 0.3) is 0 Å². The molecule has 3 heteroatoms. The van der Waals surface area contributed by atoms with Crippen molar-refractivity contribution >= 4 is 0 Å². The van der Waals surface area contributed by atoms with Gasteiger partial charge in [-0.05, 0) is 42.9 Å². The first-order valence-electron chi connectivity index (χ1n) is 6.43. The Balaban J connectivity index is 2.32. The first kappa shape index (κ1) is 14.3. The van der Waals surface area contributed by atoms with Gasteiger partial charge in [0.05, 0.1) is 19.1 Å². The molecular formula is C14H25NO2. The standard InChI is InChI=1S/C14H25NO2/c1-12(2)8-14(10-15-5-7-16-3)9-13-4-6-17-11-13/h4,6,11-12,14-15H,5,7-10H2,1-3H3. The summed E-state index contributed by atoms with van der Waals surface area (Å²) in [5.74, 6) is 1.40. The largest absolute Gasteiger partial charge is 0.472 e. The summed E-state index contributed by atoms with van der Waals surface area (Å²) in [6, 6.07) is 2.06. The van der Waals surface area contributed by atoms with Crippen LogP contribution in [-0.2, 0) is 11.2 Å². The van der Waals surface area contributed by atoms with Crippen LogP contribution in [0.2, 0.25) is 0 Å². The molecule has 0 fully saturated rings. The Morgan fingerprint density at radius 3 is 2.82 bits per heavy atom. The highest BCUT2D eigenvalue weighted by Gasteiger charge is 2.12. The number of nitrogens with one attached hydrogen (secondary N) is 1. The number of ether oxygens (including phenoxy) is 1. The normalized spacial score (nSPS) is 13.2. The van der Waals surface area contributed by atoms with E-state index >= 15 is 0 Å². The quantitative estimate of drug-likeness (QED) is 0.673. The van der Waals surface area contributed by atoms with Gasteiger partial charge in [-0.2, -0.15) is 0 Å². The van der Waals surface area contributed by atoms with Crippen molar-refractivity contribution in [2.24, 2.45) is 11.8 Å². The Hall–Kier alpha value is -0.800. The van der Waals surface area contributed by atoms with Crippen LogP contribution in [0.15, 0.2) is 23.0 Å². The van der Waals surface area contributed by atoms with Crippen LogP contribution in [0.3, 0.4) is 0 Å². The van der Waals surface area contributed by atoms with E-state index < -0.39 is 0 Å². The van der Waals surface area contributed by atoms with Gasteiger partial charge in [-0.15, -0.1) is 0 Å². The average molecular weight is 239 g/mol. The SMILES string of the molecule is COCCNCC(Cc1ccoc1)CC(C)C. The van der Waals surface area contributed by atoms with Crippen molar-refractivity contribution in [3.63, 3.8) is 0 Å². The van der Waals surface area contributed by atoms with Crippen molar-refractivity contribution in [1.29, 1.82) is 0 Å². The highest BCUT2D eigenvalue weighted by Crippen LogP contribution is 2.17. The maximum Gasteiger partial charge on any atom is 0.0934 e. The lowest BCUT2D eigenvalue weighted by atomic mass is 9.92. The number of methoxy groups -OCH3 is 1. The number of hydrogen-bond acceptors (Lipinski definition) is 3. The van der Waals surface area contributed by atoms with Gasteiger partial charge in [-0.25, -0.2) is 0 Å². The fraction of sp³-hybridized carbons (Fsp3) is 0.714. The zero-order valence-electron chi connectivity index (χ0n) is 11.2. The topological polar surface area (TPSA) is 34.4 Å². The molecule has 0 aromatic carbocycles. The fourth-order valence-electron chi connectivity index (χ4n) is 2.13. The van der Waals surface area contributed by atoms with Crippen molar-refractivity contribution in [3.8, 4) is 0 Å². The van der Waals surface area contributed by atoms with Gasteiger partial charge in [-0.3, -0.25) is 0 Å². The van der Waals surface area contributed by atoms with Gasteiger partial charge in [0, 0.05) is 13.7 Å². The van der Waals surface area contributed by atoms with Crippen LogP contribution < -0.4 is 5.32 Å². The van der Waals surface area contributed by atoms with Crippen LogP contribution in [0.1, 0.15) is 25.8 Å². The van der Waals surface area contributed by atoms with Gasteiger partial charge in [0.15, 0.2) is 0 Å². The molecule has 1 atom stereocenters. The average Bonchev–Trinajstić information content (AvgIpc) is 2.76. The molecule has 17 heavy (non-hydrogen) atoms. The molecule has 0 aliphatic rings. The van der Waals surface area contributed by atoms with Crippen LogP contribution in [0.25, 0.3) is 0 Å². The maximum atomic E-state index is 5.12. The summed E-state index contributed by atoms with van der Waals surface area (Å²) in [4.78, 5) is 0. The van der Waals surface area contributed by atoms with Crippen LogP contribution in [0, 0.1) is 11.8 Å². The molecule has 1 heterocycles. The summed E-state index contributed by atoms with van der Waals surface area (Å²) in [5.41, 5.74) is 1.30. The minimum Gasteiger partial charge on any atom is -0.472 e. The van der Waals surface area contributed by atoms with E-state index in [2.05, 4.69) is 25.2 Å². The van der Waals surface area contributed by atoms with Crippen molar-refractivity contribution in [2.45, 2.75) is 26.7 Å². The molecule has 1 rings (SSSR count). The molecule has 0 radical (unpaired) electrons. The third-order valence-corrected chi connectivity index (χ3v) is 2.83. The van der Waals surface area contributed by atoms with Crippen LogP contribution >= 0.6 is 0 Å². The lowest BCUT2D eigenvalue weighted by molar-refractivity contribution is 0.197. The van der Waals surface area contributed by atoms with E-state index in [-0.39, 0.29) is 0 Å². The van der Waals surface area contributed by atoms with Crippen molar-refractivity contribution < 1.29 is 9.15 Å². The van der Waals surface area contributed by atoms with Gasteiger partial charge in [-0.1, -0.05) is 13.8 Å². The summed E-state index contributed by atoms with van der Waals surface area (Å²) in [5, 5.41) is 3.45. The van der Waals surface area contributed by atoms with E-state index in [0.717, 1.165) is 32.0 Å². The molecule has 0 saturated heterocycles. The van der Waals surface area contributed by atoms with Gasteiger partial charge >= 0.3 is 0 Å². The summed E-state index contributed by atoms with van der Waals surface area (Å²) in [6.07, 6.45) is 5.93. The molecule has 0 aliphatic carbocycles. The second kappa shape index (κ2) is 8.31. The molecule has 1 unspecified atom stereocenters. The molecule has 3 nitrogen and oxygen atoms in total. The van der Waals surface area contributed by atoms with Crippen molar-refractivity contribution in [3.05, 3.63) is 24.2 Å². The molecule has 1 aromatic heterocycles. The third-order valence-electron chi connectivity index (χ3n) is 2.83. The zero-order valence-corrected chi connectivity index (χ0v) is 11.2. The molecule has 0 bridgehead atoms. The Morgan fingerprint density at radius 1 is 1.41 bits per heavy atom. The fourth-order valence-corrected chi connectivity index (χ4v) is 2.13. The van der Waals surface area contributed by atoms with Gasteiger partial charge in [0.1, 0.15) is 0 Å². The maximum absolute atomic E-state index is 5.12. The molecule has 0 aliphatic heterocycles. The molecule has 1 N–H and O–H groups in total. The monoisotopic (exact) mass is 239 g/mol. The van der Waals surface area contributed by atoms with Gasteiger partial charge in [0.2, 0.25) is 0 Å². The summed E-state index contributed by atoms with van der Waals surface area (Å²) in [6.45, 7) is 7.30. The number of furan rings is 1. The smallest absolute Gasteiger partial charge is 0.0934 e. The summed E-state index contributed by atoms with van der Waals surface area (Å²) in [7, 11) is 1.73. The molecule has 0 saturated carbocycles. The molecule has 98 valence electrons. The predicted octanol–water partition coefficient (Wildman–Crippen LogP) is 2.72. The Bertz CT molecular complexity index is 270. The lowest BCUT2D eigenvalue weighted by Gasteiger charge is -2.19. The van der Waals surface area contributed by atoms with Crippen LogP contribution in [-0.4, -0.2) is 26.8 Å². The minimum absolute atomic E-state index is 0.671. The number of hydrogen-bond donors (Lipinski definition) is 1. The van der Waals surface area contributed by atoms with Crippen LogP contribution in [0.5, 0.6) is 0 Å². The predicted molar refractivity (Wildman–Crippen MR) is 70.1 cm³/mol. The van der Waals surface area contributed by atoms with E-state index in [1.807, 2.05) is 6.26 Å². The Labute approximate surface area is 105 Å². The Morgan fingerprint density at radius 2 is 2.24 bits per heavy atom. The second-order valence-electron chi connectivity index (χ2n) is 5.03. The second-order valence-corrected chi connectivity index (χ2v) is 5.03. The number of rotatable bonds is 9. The highest BCUT2D eigenvalue weighted by atomic mass is 16.5. The van der Waals surface area contributed by atoms with E-state index in [0.29, 0.717) is 5.92 Å².